The highest BCUT2D eigenvalue weighted by Gasteiger charge is 2.13. The Balaban J connectivity index is 2.30. The number of nitrogens with zero attached hydrogens (tertiary/aromatic N) is 2. The molecular weight excluding hydrogens is 250 g/mol. The zero-order chi connectivity index (χ0) is 13.1. The Morgan fingerprint density at radius 1 is 1.22 bits per heavy atom. The number of carbonyl (C=O) groups is 1. The van der Waals surface area contributed by atoms with E-state index in [2.05, 4.69) is 15.3 Å². The van der Waals surface area contributed by atoms with Gasteiger partial charge in [-0.05, 0) is 37.6 Å². The van der Waals surface area contributed by atoms with Crippen LogP contribution < -0.4 is 5.32 Å². The van der Waals surface area contributed by atoms with E-state index in [-0.39, 0.29) is 11.1 Å². The number of nitrogens with one attached hydrogen (secondary N) is 1. The van der Waals surface area contributed by atoms with Gasteiger partial charge in [-0.3, -0.25) is 9.78 Å². The van der Waals surface area contributed by atoms with E-state index in [1.165, 1.54) is 0 Å². The van der Waals surface area contributed by atoms with Crippen LogP contribution in [0, 0.1) is 13.8 Å². The predicted octanol–water partition coefficient (Wildman–Crippen LogP) is 3.00. The number of aromatic nitrogens is 2. The van der Waals surface area contributed by atoms with Crippen molar-refractivity contribution in [3.63, 3.8) is 0 Å². The van der Waals surface area contributed by atoms with E-state index in [4.69, 9.17) is 11.6 Å². The lowest BCUT2D eigenvalue weighted by atomic mass is 10.2. The minimum atomic E-state index is -0.237. The Bertz CT molecular complexity index is 578. The number of halogens is 1. The van der Waals surface area contributed by atoms with Crippen LogP contribution >= 0.6 is 11.6 Å². The van der Waals surface area contributed by atoms with Gasteiger partial charge in [0.1, 0.15) is 0 Å². The second kappa shape index (κ2) is 5.14. The molecule has 0 spiro atoms. The number of anilines is 1. The zero-order valence-corrected chi connectivity index (χ0v) is 10.8. The quantitative estimate of drug-likeness (QED) is 0.846. The van der Waals surface area contributed by atoms with Gasteiger partial charge in [-0.25, -0.2) is 4.98 Å². The molecule has 5 heteroatoms. The molecule has 2 aromatic rings. The third kappa shape index (κ3) is 2.49. The van der Waals surface area contributed by atoms with Gasteiger partial charge in [0.25, 0.3) is 5.91 Å². The topological polar surface area (TPSA) is 54.9 Å². The number of hydrogen-bond donors (Lipinski definition) is 1. The van der Waals surface area contributed by atoms with Crippen LogP contribution in [0.1, 0.15) is 21.6 Å². The van der Waals surface area contributed by atoms with Gasteiger partial charge in [0.2, 0.25) is 0 Å². The van der Waals surface area contributed by atoms with Gasteiger partial charge < -0.3 is 5.32 Å². The Labute approximate surface area is 110 Å². The molecule has 92 valence electrons. The largest absolute Gasteiger partial charge is 0.319 e. The second-order valence-corrected chi connectivity index (χ2v) is 4.24. The lowest BCUT2D eigenvalue weighted by Gasteiger charge is -2.10. The maximum absolute atomic E-state index is 12.1. The van der Waals surface area contributed by atoms with Gasteiger partial charge in [0, 0.05) is 18.1 Å². The third-order valence-electron chi connectivity index (χ3n) is 2.60. The first-order valence-corrected chi connectivity index (χ1v) is 5.81. The van der Waals surface area contributed by atoms with Crippen LogP contribution in [0.5, 0.6) is 0 Å². The molecule has 4 nitrogen and oxygen atoms in total. The van der Waals surface area contributed by atoms with Gasteiger partial charge in [-0.15, -0.1) is 0 Å². The third-order valence-corrected chi connectivity index (χ3v) is 2.89. The lowest BCUT2D eigenvalue weighted by Crippen LogP contribution is -2.15. The monoisotopic (exact) mass is 261 g/mol. The summed E-state index contributed by atoms with van der Waals surface area (Å²) in [7, 11) is 0. The molecule has 18 heavy (non-hydrogen) atoms. The SMILES string of the molecule is Cc1ccnc(Cl)c1NC(=O)c1cccnc1C. The summed E-state index contributed by atoms with van der Waals surface area (Å²) in [5.74, 6) is -0.237. The van der Waals surface area contributed by atoms with Gasteiger partial charge in [-0.1, -0.05) is 11.6 Å². The summed E-state index contributed by atoms with van der Waals surface area (Å²) in [6.07, 6.45) is 3.25. The maximum Gasteiger partial charge on any atom is 0.257 e. The predicted molar refractivity (Wildman–Crippen MR) is 70.9 cm³/mol. The van der Waals surface area contributed by atoms with Crippen molar-refractivity contribution in [3.05, 3.63) is 52.6 Å². The molecule has 2 heterocycles. The van der Waals surface area contributed by atoms with Crippen LogP contribution in [0.4, 0.5) is 5.69 Å². The minimum Gasteiger partial charge on any atom is -0.319 e. The molecule has 0 fully saturated rings. The summed E-state index contributed by atoms with van der Waals surface area (Å²) in [6.45, 7) is 3.64. The number of pyridine rings is 2. The average Bonchev–Trinajstić information content (AvgIpc) is 2.34. The van der Waals surface area contributed by atoms with Crippen molar-refractivity contribution < 1.29 is 4.79 Å². The fourth-order valence-electron chi connectivity index (χ4n) is 1.58. The van der Waals surface area contributed by atoms with Crippen molar-refractivity contribution in [3.8, 4) is 0 Å². The Kier molecular flexibility index (Phi) is 3.58. The highest BCUT2D eigenvalue weighted by molar-refractivity contribution is 6.32. The Morgan fingerprint density at radius 2 is 2.00 bits per heavy atom. The first kappa shape index (κ1) is 12.5. The molecule has 2 aromatic heterocycles. The molecule has 0 saturated heterocycles. The lowest BCUT2D eigenvalue weighted by molar-refractivity contribution is 0.102. The highest BCUT2D eigenvalue weighted by atomic mass is 35.5. The van der Waals surface area contributed by atoms with Crippen molar-refractivity contribution in [2.24, 2.45) is 0 Å². The van der Waals surface area contributed by atoms with Crippen molar-refractivity contribution in [1.82, 2.24) is 9.97 Å². The molecule has 0 unspecified atom stereocenters. The molecule has 0 radical (unpaired) electrons. The Hall–Kier alpha value is -1.94. The number of amides is 1. The van der Waals surface area contributed by atoms with E-state index in [1.807, 2.05) is 6.92 Å². The summed E-state index contributed by atoms with van der Waals surface area (Å²) >= 11 is 5.96. The smallest absolute Gasteiger partial charge is 0.257 e. The summed E-state index contributed by atoms with van der Waals surface area (Å²) in [5, 5.41) is 3.04. The average molecular weight is 262 g/mol. The van der Waals surface area contributed by atoms with Gasteiger partial charge >= 0.3 is 0 Å². The normalized spacial score (nSPS) is 10.2. The van der Waals surface area contributed by atoms with Crippen molar-refractivity contribution in [2.45, 2.75) is 13.8 Å². The van der Waals surface area contributed by atoms with Crippen LogP contribution in [0.3, 0.4) is 0 Å². The van der Waals surface area contributed by atoms with Crippen LogP contribution in [0.15, 0.2) is 30.6 Å². The van der Waals surface area contributed by atoms with E-state index < -0.39 is 0 Å². The van der Waals surface area contributed by atoms with Gasteiger partial charge in [0.15, 0.2) is 5.15 Å². The molecule has 0 atom stereocenters. The van der Waals surface area contributed by atoms with Crippen LogP contribution in [-0.2, 0) is 0 Å². The number of hydrogen-bond acceptors (Lipinski definition) is 3. The molecule has 1 amide bonds. The van der Waals surface area contributed by atoms with Crippen molar-refractivity contribution in [2.75, 3.05) is 5.32 Å². The summed E-state index contributed by atoms with van der Waals surface area (Å²) in [4.78, 5) is 20.1. The van der Waals surface area contributed by atoms with Crippen LogP contribution in [0.2, 0.25) is 5.15 Å². The molecule has 0 saturated carbocycles. The van der Waals surface area contributed by atoms with Crippen LogP contribution in [0.25, 0.3) is 0 Å². The van der Waals surface area contributed by atoms with Crippen LogP contribution in [-0.4, -0.2) is 15.9 Å². The molecule has 0 aliphatic carbocycles. The van der Waals surface area contributed by atoms with Gasteiger partial charge in [-0.2, -0.15) is 0 Å². The van der Waals surface area contributed by atoms with Crippen molar-refractivity contribution >= 4 is 23.2 Å². The second-order valence-electron chi connectivity index (χ2n) is 3.88. The first-order valence-electron chi connectivity index (χ1n) is 5.43. The fourth-order valence-corrected chi connectivity index (χ4v) is 1.83. The highest BCUT2D eigenvalue weighted by Crippen LogP contribution is 2.23. The number of rotatable bonds is 2. The Morgan fingerprint density at radius 3 is 2.67 bits per heavy atom. The molecule has 0 aliphatic rings. The maximum atomic E-state index is 12.1. The summed E-state index contributed by atoms with van der Waals surface area (Å²) in [5.41, 5.74) is 2.60. The minimum absolute atomic E-state index is 0.237. The molecule has 0 bridgehead atoms. The fraction of sp³-hybridized carbons (Fsp3) is 0.154. The zero-order valence-electron chi connectivity index (χ0n) is 10.1. The molecule has 2 rings (SSSR count). The number of aryl methyl sites for hydroxylation is 2. The van der Waals surface area contributed by atoms with E-state index in [0.717, 1.165) is 5.56 Å². The van der Waals surface area contributed by atoms with E-state index >= 15 is 0 Å². The standard InChI is InChI=1S/C13H12ClN3O/c1-8-5-7-16-12(14)11(8)17-13(18)10-4-3-6-15-9(10)2/h3-7H,1-2H3,(H,17,18). The first-order chi connectivity index (χ1) is 8.59. The summed E-state index contributed by atoms with van der Waals surface area (Å²) < 4.78 is 0. The van der Waals surface area contributed by atoms with Gasteiger partial charge in [0.05, 0.1) is 11.3 Å². The summed E-state index contributed by atoms with van der Waals surface area (Å²) in [6, 6.07) is 5.23. The molecule has 0 aromatic carbocycles. The van der Waals surface area contributed by atoms with E-state index in [0.29, 0.717) is 16.9 Å². The molecular formula is C13H12ClN3O. The van der Waals surface area contributed by atoms with Crippen molar-refractivity contribution in [1.29, 1.82) is 0 Å². The van der Waals surface area contributed by atoms with E-state index in [9.17, 15) is 4.79 Å². The molecule has 0 aliphatic heterocycles. The molecule has 1 N–H and O–H groups in total. The number of carbonyl (C=O) groups excluding carboxylic acids is 1. The van der Waals surface area contributed by atoms with E-state index in [1.54, 1.807) is 37.5 Å².